The summed E-state index contributed by atoms with van der Waals surface area (Å²) in [5.74, 6) is 0.380. The van der Waals surface area contributed by atoms with Crippen LogP contribution in [0.1, 0.15) is 32.1 Å². The van der Waals surface area contributed by atoms with Crippen molar-refractivity contribution in [3.8, 4) is 0 Å². The summed E-state index contributed by atoms with van der Waals surface area (Å²) in [4.78, 5) is 14.0. The van der Waals surface area contributed by atoms with E-state index in [0.717, 1.165) is 0 Å². The summed E-state index contributed by atoms with van der Waals surface area (Å²) in [6.45, 7) is 3.17. The number of nitrogens with zero attached hydrogens (tertiary/aromatic N) is 1. The summed E-state index contributed by atoms with van der Waals surface area (Å²) < 4.78 is 0. The Kier molecular flexibility index (Phi) is 3.71. The number of carbonyl (C=O) groups is 1. The Labute approximate surface area is 73.4 Å². The van der Waals surface area contributed by atoms with Gasteiger partial charge in [0.15, 0.2) is 0 Å². The molecule has 0 N–H and O–H groups in total. The van der Waals surface area contributed by atoms with Gasteiger partial charge in [0.25, 0.3) is 5.91 Å². The topological polar surface area (TPSA) is 29.4 Å². The van der Waals surface area contributed by atoms with E-state index >= 15 is 0 Å². The van der Waals surface area contributed by atoms with Gasteiger partial charge in [-0.05, 0) is 25.5 Å². The molecule has 0 aromatic rings. The number of carbonyl (C=O) groups excluding carboxylic acids is 1. The van der Waals surface area contributed by atoms with E-state index in [2.05, 4.69) is 11.7 Å². The number of amides is 1. The smallest absolute Gasteiger partial charge is 0.268 e. The van der Waals surface area contributed by atoms with Crippen molar-refractivity contribution < 1.29 is 4.79 Å². The molecular formula is C10H15NO. The van der Waals surface area contributed by atoms with Crippen LogP contribution in [0.15, 0.2) is 17.1 Å². The van der Waals surface area contributed by atoms with Crippen molar-refractivity contribution in [2.75, 3.05) is 0 Å². The molecule has 0 heterocycles. The Bertz CT molecular complexity index is 190. The average Bonchev–Trinajstić information content (AvgIpc) is 2.16. The van der Waals surface area contributed by atoms with E-state index in [1.165, 1.54) is 32.1 Å². The third-order valence-corrected chi connectivity index (χ3v) is 2.32. The maximum atomic E-state index is 10.7. The molecule has 1 saturated carbocycles. The van der Waals surface area contributed by atoms with E-state index < -0.39 is 0 Å². The number of aliphatic imine (C=N–C) groups is 1. The quantitative estimate of drug-likeness (QED) is 0.456. The third kappa shape index (κ3) is 2.99. The average molecular weight is 165 g/mol. The van der Waals surface area contributed by atoms with Crippen LogP contribution in [0, 0.1) is 5.92 Å². The zero-order chi connectivity index (χ0) is 8.81. The normalized spacial score (nSPS) is 19.7. The lowest BCUT2D eigenvalue weighted by Crippen LogP contribution is -2.03. The van der Waals surface area contributed by atoms with Crippen molar-refractivity contribution in [1.29, 1.82) is 0 Å². The van der Waals surface area contributed by atoms with Gasteiger partial charge in [-0.15, -0.1) is 0 Å². The Morgan fingerprint density at radius 3 is 2.58 bits per heavy atom. The molecule has 2 nitrogen and oxygen atoms in total. The highest BCUT2D eigenvalue weighted by Gasteiger charge is 2.09. The van der Waals surface area contributed by atoms with Crippen molar-refractivity contribution in [2.24, 2.45) is 10.9 Å². The van der Waals surface area contributed by atoms with Crippen molar-refractivity contribution in [3.63, 3.8) is 0 Å². The second kappa shape index (κ2) is 4.86. The van der Waals surface area contributed by atoms with Crippen LogP contribution in [0.2, 0.25) is 0 Å². The van der Waals surface area contributed by atoms with Gasteiger partial charge in [0.1, 0.15) is 0 Å². The van der Waals surface area contributed by atoms with Crippen molar-refractivity contribution in [3.05, 3.63) is 12.2 Å². The first-order valence-corrected chi connectivity index (χ1v) is 4.52. The monoisotopic (exact) mass is 165 g/mol. The number of hydrogen-bond acceptors (Lipinski definition) is 1. The summed E-state index contributed by atoms with van der Waals surface area (Å²) in [7, 11) is 0. The maximum absolute atomic E-state index is 10.7. The predicted octanol–water partition coefficient (Wildman–Crippen LogP) is 2.35. The van der Waals surface area contributed by atoms with Crippen LogP contribution in [0.3, 0.4) is 0 Å². The first-order valence-electron chi connectivity index (χ1n) is 4.52. The third-order valence-electron chi connectivity index (χ3n) is 2.32. The molecule has 0 aromatic carbocycles. The molecule has 66 valence electrons. The molecule has 0 unspecified atom stereocenters. The van der Waals surface area contributed by atoms with Gasteiger partial charge in [0, 0.05) is 6.08 Å². The molecule has 1 rings (SSSR count). The SMILES string of the molecule is C=NC(=O)/C=C/C1CCCCC1. The molecule has 0 saturated heterocycles. The minimum atomic E-state index is -0.222. The molecule has 0 aliphatic heterocycles. The van der Waals surface area contributed by atoms with E-state index in [0.29, 0.717) is 5.92 Å². The second-order valence-electron chi connectivity index (χ2n) is 3.25. The molecule has 1 amide bonds. The fourth-order valence-corrected chi connectivity index (χ4v) is 1.60. The molecule has 1 fully saturated rings. The van der Waals surface area contributed by atoms with Crippen LogP contribution in [-0.4, -0.2) is 12.6 Å². The number of rotatable bonds is 2. The fourth-order valence-electron chi connectivity index (χ4n) is 1.60. The van der Waals surface area contributed by atoms with Crippen LogP contribution >= 0.6 is 0 Å². The van der Waals surface area contributed by atoms with E-state index in [9.17, 15) is 4.79 Å². The Balaban J connectivity index is 2.33. The van der Waals surface area contributed by atoms with Crippen molar-refractivity contribution >= 4 is 12.6 Å². The summed E-state index contributed by atoms with van der Waals surface area (Å²) in [5, 5.41) is 0. The van der Waals surface area contributed by atoms with Gasteiger partial charge >= 0.3 is 0 Å². The highest BCUT2D eigenvalue weighted by Crippen LogP contribution is 2.24. The van der Waals surface area contributed by atoms with Gasteiger partial charge in [0.2, 0.25) is 0 Å². The largest absolute Gasteiger partial charge is 0.268 e. The molecule has 0 spiro atoms. The molecular weight excluding hydrogens is 150 g/mol. The van der Waals surface area contributed by atoms with Crippen LogP contribution in [-0.2, 0) is 4.79 Å². The lowest BCUT2D eigenvalue weighted by atomic mass is 9.89. The van der Waals surface area contributed by atoms with Gasteiger partial charge in [-0.3, -0.25) is 4.79 Å². The molecule has 0 bridgehead atoms. The standard InChI is InChI=1S/C10H15NO/c1-11-10(12)8-7-9-5-3-2-4-6-9/h7-9H,1-6H2/b8-7+. The van der Waals surface area contributed by atoms with Crippen molar-refractivity contribution in [2.45, 2.75) is 32.1 Å². The van der Waals surface area contributed by atoms with Crippen LogP contribution < -0.4 is 0 Å². The summed E-state index contributed by atoms with van der Waals surface area (Å²) in [5.41, 5.74) is 0. The van der Waals surface area contributed by atoms with Gasteiger partial charge < -0.3 is 0 Å². The first kappa shape index (κ1) is 9.17. The maximum Gasteiger partial charge on any atom is 0.268 e. The zero-order valence-corrected chi connectivity index (χ0v) is 7.33. The van der Waals surface area contributed by atoms with E-state index in [-0.39, 0.29) is 5.91 Å². The van der Waals surface area contributed by atoms with Crippen LogP contribution in [0.25, 0.3) is 0 Å². The van der Waals surface area contributed by atoms with E-state index in [4.69, 9.17) is 0 Å². The van der Waals surface area contributed by atoms with Crippen LogP contribution in [0.4, 0.5) is 0 Å². The molecule has 0 aromatic heterocycles. The van der Waals surface area contributed by atoms with Gasteiger partial charge in [-0.2, -0.15) is 0 Å². The van der Waals surface area contributed by atoms with Gasteiger partial charge in [0.05, 0.1) is 0 Å². The summed E-state index contributed by atoms with van der Waals surface area (Å²) in [6.07, 6.45) is 9.91. The number of allylic oxidation sites excluding steroid dienone is 1. The molecule has 1 aliphatic carbocycles. The molecule has 0 radical (unpaired) electrons. The predicted molar refractivity (Wildman–Crippen MR) is 50.3 cm³/mol. The minimum Gasteiger partial charge on any atom is -0.268 e. The Hall–Kier alpha value is -0.920. The van der Waals surface area contributed by atoms with Crippen LogP contribution in [0.5, 0.6) is 0 Å². The fraction of sp³-hybridized carbons (Fsp3) is 0.600. The minimum absolute atomic E-state index is 0.222. The van der Waals surface area contributed by atoms with E-state index in [1.54, 1.807) is 6.08 Å². The molecule has 0 atom stereocenters. The molecule has 2 heteroatoms. The Morgan fingerprint density at radius 2 is 2.00 bits per heavy atom. The lowest BCUT2D eigenvalue weighted by molar-refractivity contribution is -0.113. The first-order chi connectivity index (χ1) is 5.83. The zero-order valence-electron chi connectivity index (χ0n) is 7.33. The highest BCUT2D eigenvalue weighted by molar-refractivity contribution is 5.90. The second-order valence-corrected chi connectivity index (χ2v) is 3.25. The molecule has 1 aliphatic rings. The summed E-state index contributed by atoms with van der Waals surface area (Å²) >= 11 is 0. The van der Waals surface area contributed by atoms with Gasteiger partial charge in [-0.25, -0.2) is 4.99 Å². The van der Waals surface area contributed by atoms with Gasteiger partial charge in [-0.1, -0.05) is 25.3 Å². The van der Waals surface area contributed by atoms with E-state index in [1.807, 2.05) is 6.08 Å². The highest BCUT2D eigenvalue weighted by atomic mass is 16.1. The summed E-state index contributed by atoms with van der Waals surface area (Å²) in [6, 6.07) is 0. The Morgan fingerprint density at radius 1 is 1.33 bits per heavy atom. The number of hydrogen-bond donors (Lipinski definition) is 0. The van der Waals surface area contributed by atoms with Crippen molar-refractivity contribution in [1.82, 2.24) is 0 Å². The molecule has 12 heavy (non-hydrogen) atoms. The lowest BCUT2D eigenvalue weighted by Gasteiger charge is -2.17.